The zero-order chi connectivity index (χ0) is 99.9. The number of pyridine rings is 2. The third-order valence-corrected chi connectivity index (χ3v) is 23.4. The number of halogens is 10. The number of anilines is 2. The number of rotatable bonds is 20. The molecule has 0 unspecified atom stereocenters. The van der Waals surface area contributed by atoms with E-state index in [4.69, 9.17) is 114 Å². The maximum absolute atomic E-state index is 14.2. The monoisotopic (exact) mass is 2070 g/mol. The number of aromatic nitrogens is 7. The molecule has 143 heavy (non-hydrogen) atoms. The van der Waals surface area contributed by atoms with Gasteiger partial charge in [0, 0.05) is 41.5 Å². The number of hydrogen-bond donors (Lipinski definition) is 7. The number of hydrogen-bond acceptors (Lipinski definition) is 22. The second-order valence-corrected chi connectivity index (χ2v) is 33.4. The second-order valence-electron chi connectivity index (χ2n) is 31.0. The molecule has 18 rings (SSSR count). The zero-order valence-electron chi connectivity index (χ0n) is 76.7. The number of carbonyl (C=O) groups is 7. The molecule has 12 N–H and O–H groups in total. The largest absolute Gasteiger partial charge is 1.00 e. The minimum atomic E-state index is -1.03. The molecule has 0 atom stereocenters. The molecule has 730 valence electrons. The number of nitrogens with two attached hydrogens (primary N) is 2. The van der Waals surface area contributed by atoms with Gasteiger partial charge in [-0.3, -0.25) is 33.6 Å². The van der Waals surface area contributed by atoms with E-state index in [1.807, 2.05) is 18.2 Å². The number of nitrogen functional groups attached to an aromatic ring is 1. The Morgan fingerprint density at radius 2 is 0.727 bits per heavy atom. The number of aromatic carboxylic acids is 2. The Morgan fingerprint density at radius 3 is 1.08 bits per heavy atom. The Morgan fingerprint density at radius 1 is 0.399 bits per heavy atom. The van der Waals surface area contributed by atoms with Crippen molar-refractivity contribution in [3.8, 4) is 33.8 Å². The average molecular weight is 2080 g/mol. The molecule has 18 aromatic rings. The standard InChI is InChI=1S/C25H19ClN4O3.C20H16ClFN2O3.C19H14ClFN2O4.C19H13ClN2O4.C11H6Cl2FNO2.C8H11N.ClH.Li.2H2O/c1-14-21-23(29-33-14)22-17(26)5-4-8-20(22)30(25(21)32)13-15-9-11-16(12-10-15)24(31)28-19-7-3-2-6-18(19)27;1-11(25)14-8-6-13(7-9-14)10-23-20(26)17-12(2)27-24-19(17)18-15(21)4-3-5-16(18)22;1-10-15(17(23-27-10)16-13(20)3-2-4-14(16)21)18(24)22-9-11-5-7-12(8-6-11)19(25)26;1-10-15-17(21-26-10)16-13(20)3-2-4-14(16)22(18(15)23)9-11-5-7-12(8-6-11)19(24)25;1-5-8(11(13)16)10(15-17-5)9-6(12)3-2-4-7(9)14;1-7-2-4-8(6-9)5-3-7;;;;/h2-12H,13,27H2,1H3,(H,28,31);3-9H,10H2,1-2H3,(H,23,26);2-8H,9H2,1H3,(H,22,24)(H,25,26);2-8H,9H2,1H3,(H,24,25);2-4H,1H3;2-5H,6,9H2,1H3;1H;;2*1H2/q;;;;;;;+1;;/p-1. The van der Waals surface area contributed by atoms with Crippen molar-refractivity contribution in [2.45, 2.75) is 81.2 Å². The molecule has 3 amide bonds. The van der Waals surface area contributed by atoms with Crippen LogP contribution in [0.5, 0.6) is 0 Å². The van der Waals surface area contributed by atoms with Crippen LogP contribution in [0.4, 0.5) is 24.5 Å². The first-order valence-electron chi connectivity index (χ1n) is 41.9. The molecular weight excluding hydrogens is 1990 g/mol. The quantitative estimate of drug-likeness (QED) is 0.0161. The topological polar surface area (TPSA) is 484 Å². The number of Topliss-reactive ketones (excluding diaryl/α,β-unsaturated/α-hetero) is 1. The minimum absolute atomic E-state index is 0. The fourth-order valence-corrected chi connectivity index (χ4v) is 16.0. The Labute approximate surface area is 859 Å². The number of fused-ring (bicyclic) bond motifs is 6. The molecule has 0 spiro atoms. The molecule has 0 saturated carbocycles. The summed E-state index contributed by atoms with van der Waals surface area (Å²) in [4.78, 5) is 109. The molecule has 11 aromatic carbocycles. The number of carboxylic acid groups (broad SMARTS) is 2. The van der Waals surface area contributed by atoms with Crippen molar-refractivity contribution in [2.75, 3.05) is 11.1 Å². The Bertz CT molecular complexity index is 7650. The minimum Gasteiger partial charge on any atom is -0.870 e. The molecule has 30 nitrogen and oxygen atoms in total. The fourth-order valence-electron chi connectivity index (χ4n) is 14.5. The smallest absolute Gasteiger partial charge is 0.870 e. The summed E-state index contributed by atoms with van der Waals surface area (Å²) in [6.45, 7) is 13.2. The van der Waals surface area contributed by atoms with Gasteiger partial charge in [-0.2, -0.15) is 0 Å². The van der Waals surface area contributed by atoms with Crippen LogP contribution in [-0.4, -0.2) is 96.8 Å². The molecule has 0 radical (unpaired) electrons. The van der Waals surface area contributed by atoms with E-state index >= 15 is 0 Å². The van der Waals surface area contributed by atoms with E-state index in [0.717, 1.165) is 16.7 Å². The number of ketones is 1. The maximum Gasteiger partial charge on any atom is 1.00 e. The van der Waals surface area contributed by atoms with Gasteiger partial charge in [0.2, 0.25) is 0 Å². The zero-order valence-corrected chi connectivity index (χ0v) is 82.1. The molecule has 0 aliphatic carbocycles. The van der Waals surface area contributed by atoms with Crippen LogP contribution in [0, 0.1) is 59.0 Å². The number of benzene rings is 11. The van der Waals surface area contributed by atoms with Gasteiger partial charge < -0.3 is 80.3 Å². The Balaban J connectivity index is 0.000000195. The van der Waals surface area contributed by atoms with E-state index in [0.29, 0.717) is 106 Å². The molecule has 0 saturated heterocycles. The summed E-state index contributed by atoms with van der Waals surface area (Å²) in [6, 6.07) is 65.0. The Kier molecular flexibility index (Phi) is 39.1. The number of amides is 3. The third-order valence-electron chi connectivity index (χ3n) is 21.7. The van der Waals surface area contributed by atoms with E-state index < -0.39 is 46.4 Å². The molecule has 7 aromatic heterocycles. The summed E-state index contributed by atoms with van der Waals surface area (Å²) in [5.74, 6) is -3.51. The molecule has 0 fully saturated rings. The van der Waals surface area contributed by atoms with E-state index in [1.54, 1.807) is 152 Å². The molecule has 7 heterocycles. The first-order chi connectivity index (χ1) is 66.5. The normalized spacial score (nSPS) is 10.5. The van der Waals surface area contributed by atoms with Crippen LogP contribution in [0.25, 0.3) is 77.4 Å². The van der Waals surface area contributed by atoms with E-state index in [-0.39, 0.29) is 179 Å². The summed E-state index contributed by atoms with van der Waals surface area (Å²) in [5, 5.41) is 48.2. The molecule has 0 aliphatic heterocycles. The van der Waals surface area contributed by atoms with Crippen LogP contribution in [-0.2, 0) is 32.7 Å². The summed E-state index contributed by atoms with van der Waals surface area (Å²) < 4.78 is 70.9. The SMILES string of the molecule is CC(=O)c1ccc(CNC(=O)c2c(-c3c(F)cccc3Cl)noc2C)cc1.Cc1ccc(CN)cc1.Cc1onc(-c2c(F)cccc2Cl)c1C(=O)Cl.Cc1onc(-c2c(F)cccc2Cl)c1C(=O)NCc1ccc(C(=O)O)cc1.Cc1onc2c1c(=O)n(Cc1ccc(C(=O)Nc3ccccc3N)cc1)c1cccc(Cl)c21.Cc1onc2c1c(=O)n(Cc1ccc(C(=O)O)cc1)c1cccc(Cl)c21.Cl.O.[Li+].[OH-]. The number of carboxylic acids is 2. The maximum atomic E-state index is 14.2. The van der Waals surface area contributed by atoms with Crippen LogP contribution >= 0.6 is 82.0 Å². The van der Waals surface area contributed by atoms with Gasteiger partial charge in [0.1, 0.15) is 102 Å². The van der Waals surface area contributed by atoms with Gasteiger partial charge in [-0.1, -0.05) is 217 Å². The average Bonchev–Trinajstić information content (AvgIpc) is 1.66. The van der Waals surface area contributed by atoms with Crippen molar-refractivity contribution in [1.82, 2.24) is 45.6 Å². The molecule has 41 heteroatoms. The van der Waals surface area contributed by atoms with Gasteiger partial charge in [0.15, 0.2) is 5.78 Å². The predicted molar refractivity (Wildman–Crippen MR) is 537 cm³/mol. The number of carbonyl (C=O) groups excluding carboxylic acids is 5. The third kappa shape index (κ3) is 25.9. The van der Waals surface area contributed by atoms with Crippen molar-refractivity contribution >= 4 is 178 Å². The van der Waals surface area contributed by atoms with E-state index in [2.05, 4.69) is 72.9 Å². The summed E-state index contributed by atoms with van der Waals surface area (Å²) >= 11 is 36.2. The molecule has 0 bridgehead atoms. The van der Waals surface area contributed by atoms with E-state index in [1.165, 1.54) is 104 Å². The van der Waals surface area contributed by atoms with Crippen molar-refractivity contribution in [3.63, 3.8) is 0 Å². The fraction of sp³-hybridized carbons (Fsp3) is 0.118. The van der Waals surface area contributed by atoms with Crippen molar-refractivity contribution in [2.24, 2.45) is 5.73 Å². The van der Waals surface area contributed by atoms with Crippen molar-refractivity contribution < 1.29 is 109 Å². The van der Waals surface area contributed by atoms with E-state index in [9.17, 15) is 56.3 Å². The van der Waals surface area contributed by atoms with Gasteiger partial charge in [0.25, 0.3) is 34.1 Å². The first kappa shape index (κ1) is 112. The summed E-state index contributed by atoms with van der Waals surface area (Å²) in [6.07, 6.45) is 0. The van der Waals surface area contributed by atoms with Crippen LogP contribution in [0.15, 0.2) is 269 Å². The number of para-hydroxylation sites is 2. The predicted octanol–water partition coefficient (Wildman–Crippen LogP) is 19.2. The first-order valence-corrected chi connectivity index (χ1v) is 44.2. The van der Waals surface area contributed by atoms with Crippen molar-refractivity contribution in [1.29, 1.82) is 0 Å². The second kappa shape index (κ2) is 50.0. The van der Waals surface area contributed by atoms with Crippen LogP contribution in [0.2, 0.25) is 25.1 Å². The number of nitrogens with one attached hydrogen (secondary N) is 3. The molecular formula is C102H83Cl7F3LiN12O18. The number of nitrogens with zero attached hydrogens (tertiary/aromatic N) is 7. The number of aryl methyl sites for hydroxylation is 6. The van der Waals surface area contributed by atoms with Crippen LogP contribution < -0.4 is 57.4 Å². The van der Waals surface area contributed by atoms with Gasteiger partial charge in [0.05, 0.1) is 88.4 Å². The summed E-state index contributed by atoms with van der Waals surface area (Å²) in [7, 11) is 0. The summed E-state index contributed by atoms with van der Waals surface area (Å²) in [5.41, 5.74) is 21.5. The van der Waals surface area contributed by atoms with Crippen LogP contribution in [0.1, 0.15) is 142 Å². The van der Waals surface area contributed by atoms with Gasteiger partial charge in [-0.15, -0.1) is 12.4 Å². The van der Waals surface area contributed by atoms with Gasteiger partial charge in [-0.05, 0) is 197 Å². The van der Waals surface area contributed by atoms with Gasteiger partial charge in [-0.25, -0.2) is 22.8 Å². The van der Waals surface area contributed by atoms with Crippen LogP contribution in [0.3, 0.4) is 0 Å². The molecule has 0 aliphatic rings. The Hall–Kier alpha value is -14.8. The van der Waals surface area contributed by atoms with Crippen molar-refractivity contribution in [3.05, 3.63) is 401 Å². The van der Waals surface area contributed by atoms with Gasteiger partial charge >= 0.3 is 30.8 Å².